The number of fused-ring (bicyclic) bond motifs is 2. The van der Waals surface area contributed by atoms with Crippen molar-refractivity contribution >= 4 is 0 Å². The highest BCUT2D eigenvalue weighted by Gasteiger charge is 2.41. The second-order valence-corrected chi connectivity index (χ2v) is 8.75. The van der Waals surface area contributed by atoms with Gasteiger partial charge in [-0.15, -0.1) is 0 Å². The molecule has 3 rings (SSSR count). The molecule has 4 unspecified atom stereocenters. The lowest BCUT2D eigenvalue weighted by Gasteiger charge is -2.45. The zero-order valence-corrected chi connectivity index (χ0v) is 14.0. The number of piperidine rings is 1. The van der Waals surface area contributed by atoms with E-state index in [0.29, 0.717) is 5.41 Å². The summed E-state index contributed by atoms with van der Waals surface area (Å²) < 4.78 is 0. The van der Waals surface area contributed by atoms with Crippen molar-refractivity contribution in [3.63, 3.8) is 0 Å². The molecule has 1 N–H and O–H groups in total. The Labute approximate surface area is 125 Å². The first-order valence-electron chi connectivity index (χ1n) is 8.93. The lowest BCUT2D eigenvalue weighted by molar-refractivity contribution is 0.0936. The van der Waals surface area contributed by atoms with E-state index < -0.39 is 0 Å². The zero-order valence-electron chi connectivity index (χ0n) is 14.0. The van der Waals surface area contributed by atoms with Crippen LogP contribution in [-0.2, 0) is 0 Å². The second kappa shape index (κ2) is 5.61. The quantitative estimate of drug-likeness (QED) is 0.826. The predicted molar refractivity (Wildman–Crippen MR) is 85.9 cm³/mol. The summed E-state index contributed by atoms with van der Waals surface area (Å²) in [6.45, 7) is 7.32. The minimum atomic E-state index is 0.461. The molecule has 0 radical (unpaired) electrons. The summed E-state index contributed by atoms with van der Waals surface area (Å²) in [5.74, 6) is 0.869. The van der Waals surface area contributed by atoms with Crippen LogP contribution in [0, 0.1) is 11.3 Å². The number of nitrogens with zero attached hydrogens (tertiary/aromatic N) is 1. The van der Waals surface area contributed by atoms with Crippen molar-refractivity contribution in [2.75, 3.05) is 7.05 Å². The third kappa shape index (κ3) is 2.92. The zero-order chi connectivity index (χ0) is 14.3. The van der Waals surface area contributed by atoms with Gasteiger partial charge in [0.1, 0.15) is 0 Å². The van der Waals surface area contributed by atoms with E-state index in [9.17, 15) is 0 Å². The summed E-state index contributed by atoms with van der Waals surface area (Å²) in [6.07, 6.45) is 11.4. The Kier molecular flexibility index (Phi) is 4.16. The maximum atomic E-state index is 4.11. The molecular weight excluding hydrogens is 244 g/mol. The van der Waals surface area contributed by atoms with Crippen LogP contribution >= 0.6 is 0 Å². The van der Waals surface area contributed by atoms with E-state index in [1.807, 2.05) is 0 Å². The first kappa shape index (κ1) is 14.8. The van der Waals surface area contributed by atoms with Crippen molar-refractivity contribution in [2.24, 2.45) is 11.3 Å². The summed E-state index contributed by atoms with van der Waals surface area (Å²) in [5, 5.41) is 4.11. The van der Waals surface area contributed by atoms with Gasteiger partial charge in [-0.3, -0.25) is 0 Å². The summed E-state index contributed by atoms with van der Waals surface area (Å²) in [4.78, 5) is 2.65. The molecule has 116 valence electrons. The van der Waals surface area contributed by atoms with Gasteiger partial charge < -0.3 is 10.2 Å². The SMILES string of the molecule is CN1C2CCC1CC(NC1CCCCC1C(C)(C)C)C2. The highest BCUT2D eigenvalue weighted by Crippen LogP contribution is 2.40. The molecule has 1 aliphatic carbocycles. The molecule has 0 aromatic rings. The van der Waals surface area contributed by atoms with Gasteiger partial charge >= 0.3 is 0 Å². The predicted octanol–water partition coefficient (Wildman–Crippen LogP) is 3.81. The third-order valence-corrected chi connectivity index (χ3v) is 6.43. The number of hydrogen-bond donors (Lipinski definition) is 1. The lowest BCUT2D eigenvalue weighted by Crippen LogP contribution is -2.53. The van der Waals surface area contributed by atoms with E-state index >= 15 is 0 Å². The smallest absolute Gasteiger partial charge is 0.0111 e. The van der Waals surface area contributed by atoms with Gasteiger partial charge in [-0.25, -0.2) is 0 Å². The molecule has 2 saturated heterocycles. The molecule has 3 aliphatic rings. The molecule has 0 spiro atoms. The van der Waals surface area contributed by atoms with Crippen LogP contribution in [0.5, 0.6) is 0 Å². The lowest BCUT2D eigenvalue weighted by atomic mass is 9.69. The first-order valence-corrected chi connectivity index (χ1v) is 8.93. The van der Waals surface area contributed by atoms with Gasteiger partial charge in [0, 0.05) is 24.2 Å². The van der Waals surface area contributed by atoms with Gasteiger partial charge in [0.2, 0.25) is 0 Å². The molecule has 4 atom stereocenters. The van der Waals surface area contributed by atoms with Crippen molar-refractivity contribution in [1.82, 2.24) is 10.2 Å². The molecule has 1 saturated carbocycles. The van der Waals surface area contributed by atoms with Crippen molar-refractivity contribution < 1.29 is 0 Å². The molecule has 2 aliphatic heterocycles. The molecule has 0 amide bonds. The number of nitrogens with one attached hydrogen (secondary N) is 1. The van der Waals surface area contributed by atoms with E-state index in [0.717, 1.165) is 30.1 Å². The molecule has 2 nitrogen and oxygen atoms in total. The normalized spacial score (nSPS) is 42.9. The molecule has 2 heteroatoms. The summed E-state index contributed by atoms with van der Waals surface area (Å²) in [6, 6.07) is 3.29. The van der Waals surface area contributed by atoms with E-state index in [1.54, 1.807) is 0 Å². The molecule has 3 fully saturated rings. The van der Waals surface area contributed by atoms with Crippen LogP contribution in [0.15, 0.2) is 0 Å². The highest BCUT2D eigenvalue weighted by molar-refractivity contribution is 4.98. The van der Waals surface area contributed by atoms with Crippen LogP contribution in [0.4, 0.5) is 0 Å². The van der Waals surface area contributed by atoms with Crippen LogP contribution in [0.25, 0.3) is 0 Å². The average Bonchev–Trinajstić information content (AvgIpc) is 2.62. The summed E-state index contributed by atoms with van der Waals surface area (Å²) >= 11 is 0. The van der Waals surface area contributed by atoms with Crippen LogP contribution in [-0.4, -0.2) is 36.1 Å². The summed E-state index contributed by atoms with van der Waals surface area (Å²) in [7, 11) is 2.34. The van der Waals surface area contributed by atoms with Gasteiger partial charge in [0.05, 0.1) is 0 Å². The fourth-order valence-corrected chi connectivity index (χ4v) is 5.22. The Hall–Kier alpha value is -0.0800. The second-order valence-electron chi connectivity index (χ2n) is 8.75. The minimum absolute atomic E-state index is 0.461. The van der Waals surface area contributed by atoms with Gasteiger partial charge in [0.25, 0.3) is 0 Å². The van der Waals surface area contributed by atoms with Gasteiger partial charge in [-0.05, 0) is 56.9 Å². The Bertz CT molecular complexity index is 319. The van der Waals surface area contributed by atoms with E-state index in [-0.39, 0.29) is 0 Å². The maximum absolute atomic E-state index is 4.11. The Morgan fingerprint density at radius 2 is 1.50 bits per heavy atom. The highest BCUT2D eigenvalue weighted by atomic mass is 15.2. The fraction of sp³-hybridized carbons (Fsp3) is 1.00. The Balaban J connectivity index is 1.62. The molecular formula is C18H34N2. The standard InChI is InChI=1S/C18H34N2/c1-18(2,3)16-7-5-6-8-17(16)19-13-11-14-9-10-15(12-13)20(14)4/h13-17,19H,5-12H2,1-4H3. The maximum Gasteiger partial charge on any atom is 0.0111 e. The van der Waals surface area contributed by atoms with Crippen molar-refractivity contribution in [3.8, 4) is 0 Å². The van der Waals surface area contributed by atoms with Gasteiger partial charge in [0.15, 0.2) is 0 Å². The third-order valence-electron chi connectivity index (χ3n) is 6.43. The van der Waals surface area contributed by atoms with Crippen LogP contribution < -0.4 is 5.32 Å². The van der Waals surface area contributed by atoms with E-state index in [4.69, 9.17) is 0 Å². The van der Waals surface area contributed by atoms with Crippen molar-refractivity contribution in [2.45, 2.75) is 96.3 Å². The van der Waals surface area contributed by atoms with Crippen molar-refractivity contribution in [3.05, 3.63) is 0 Å². The molecule has 0 aromatic carbocycles. The van der Waals surface area contributed by atoms with Crippen LogP contribution in [0.3, 0.4) is 0 Å². The summed E-state index contributed by atoms with van der Waals surface area (Å²) in [5.41, 5.74) is 0.461. The number of rotatable bonds is 2. The van der Waals surface area contributed by atoms with Gasteiger partial charge in [-0.2, -0.15) is 0 Å². The van der Waals surface area contributed by atoms with Crippen molar-refractivity contribution in [1.29, 1.82) is 0 Å². The fourth-order valence-electron chi connectivity index (χ4n) is 5.22. The monoisotopic (exact) mass is 278 g/mol. The first-order chi connectivity index (χ1) is 9.45. The molecule has 20 heavy (non-hydrogen) atoms. The molecule has 0 aromatic heterocycles. The van der Waals surface area contributed by atoms with Crippen LogP contribution in [0.2, 0.25) is 0 Å². The topological polar surface area (TPSA) is 15.3 Å². The van der Waals surface area contributed by atoms with E-state index in [1.165, 1.54) is 51.4 Å². The largest absolute Gasteiger partial charge is 0.311 e. The van der Waals surface area contributed by atoms with E-state index in [2.05, 4.69) is 38.0 Å². The van der Waals surface area contributed by atoms with Gasteiger partial charge in [-0.1, -0.05) is 33.6 Å². The average molecular weight is 278 g/mol. The molecule has 2 bridgehead atoms. The molecule has 2 heterocycles. The Morgan fingerprint density at radius 3 is 2.10 bits per heavy atom. The number of hydrogen-bond acceptors (Lipinski definition) is 2. The van der Waals surface area contributed by atoms with Crippen LogP contribution in [0.1, 0.15) is 72.1 Å². The minimum Gasteiger partial charge on any atom is -0.311 e. The Morgan fingerprint density at radius 1 is 0.900 bits per heavy atom.